The van der Waals surface area contributed by atoms with Gasteiger partial charge in [0.2, 0.25) is 0 Å². The van der Waals surface area contributed by atoms with Crippen LogP contribution in [0.4, 0.5) is 0 Å². The molecule has 0 atom stereocenters. The Morgan fingerprint density at radius 3 is 2.88 bits per heavy atom. The van der Waals surface area contributed by atoms with Crippen LogP contribution in [0, 0.1) is 6.92 Å². The number of benzene rings is 1. The molecule has 0 saturated heterocycles. The van der Waals surface area contributed by atoms with Gasteiger partial charge in [-0.15, -0.1) is 0 Å². The Bertz CT molecular complexity index is 539. The van der Waals surface area contributed by atoms with Crippen LogP contribution < -0.4 is 0 Å². The molecule has 0 unspecified atom stereocenters. The summed E-state index contributed by atoms with van der Waals surface area (Å²) in [4.78, 5) is 15.6. The average molecular weight is 253 g/mol. The second-order valence-electron chi connectivity index (χ2n) is 3.29. The minimum Gasteiger partial charge on any atom is -0.452 e. The van der Waals surface area contributed by atoms with Crippen molar-refractivity contribution in [2.75, 3.05) is 0 Å². The summed E-state index contributed by atoms with van der Waals surface area (Å²) in [5, 5.41) is 3.93. The van der Waals surface area contributed by atoms with Crippen molar-refractivity contribution in [3.05, 3.63) is 46.6 Å². The molecular weight excluding hydrogens is 244 g/mol. The number of ether oxygens (including phenoxy) is 1. The maximum absolute atomic E-state index is 11.6. The van der Waals surface area contributed by atoms with Crippen LogP contribution in [0.25, 0.3) is 0 Å². The van der Waals surface area contributed by atoms with E-state index >= 15 is 0 Å². The van der Waals surface area contributed by atoms with Gasteiger partial charge in [-0.05, 0) is 19.1 Å². The van der Waals surface area contributed by atoms with E-state index in [0.29, 0.717) is 16.4 Å². The Labute approximate surface area is 102 Å². The molecule has 0 spiro atoms. The first-order chi connectivity index (χ1) is 8.16. The smallest absolute Gasteiger partial charge is 0.340 e. The van der Waals surface area contributed by atoms with E-state index in [2.05, 4.69) is 10.1 Å². The number of hydrogen-bond acceptors (Lipinski definition) is 5. The van der Waals surface area contributed by atoms with Crippen molar-refractivity contribution in [1.29, 1.82) is 0 Å². The topological polar surface area (TPSA) is 65.2 Å². The van der Waals surface area contributed by atoms with Crippen LogP contribution in [0.2, 0.25) is 5.02 Å². The molecule has 17 heavy (non-hydrogen) atoms. The molecule has 5 nitrogen and oxygen atoms in total. The molecule has 88 valence electrons. The van der Waals surface area contributed by atoms with E-state index in [9.17, 15) is 4.79 Å². The van der Waals surface area contributed by atoms with Gasteiger partial charge in [0.15, 0.2) is 12.4 Å². The van der Waals surface area contributed by atoms with Crippen molar-refractivity contribution < 1.29 is 14.1 Å². The van der Waals surface area contributed by atoms with Gasteiger partial charge in [-0.1, -0.05) is 28.9 Å². The number of aromatic nitrogens is 2. The van der Waals surface area contributed by atoms with Gasteiger partial charge in [0, 0.05) is 0 Å². The van der Waals surface area contributed by atoms with Gasteiger partial charge < -0.3 is 9.26 Å². The summed E-state index contributed by atoms with van der Waals surface area (Å²) in [6, 6.07) is 6.65. The molecule has 2 aromatic rings. The molecular formula is C11H9ClN2O3. The molecule has 1 aromatic heterocycles. The van der Waals surface area contributed by atoms with E-state index in [4.69, 9.17) is 20.9 Å². The van der Waals surface area contributed by atoms with Gasteiger partial charge in [0.05, 0.1) is 10.6 Å². The Morgan fingerprint density at radius 1 is 1.47 bits per heavy atom. The summed E-state index contributed by atoms with van der Waals surface area (Å²) in [6.07, 6.45) is 0. The molecule has 1 aromatic carbocycles. The van der Waals surface area contributed by atoms with Crippen LogP contribution >= 0.6 is 11.6 Å². The van der Waals surface area contributed by atoms with E-state index in [1.807, 2.05) is 0 Å². The lowest BCUT2D eigenvalue weighted by Gasteiger charge is -2.03. The number of hydrogen-bond donors (Lipinski definition) is 0. The molecule has 0 aliphatic heterocycles. The van der Waals surface area contributed by atoms with Crippen molar-refractivity contribution in [1.82, 2.24) is 10.1 Å². The van der Waals surface area contributed by atoms with Crippen LogP contribution in [-0.4, -0.2) is 16.1 Å². The van der Waals surface area contributed by atoms with Crippen molar-refractivity contribution in [3.8, 4) is 0 Å². The first-order valence-corrected chi connectivity index (χ1v) is 5.25. The highest BCUT2D eigenvalue weighted by molar-refractivity contribution is 6.33. The molecule has 1 heterocycles. The van der Waals surface area contributed by atoms with Crippen molar-refractivity contribution in [2.24, 2.45) is 0 Å². The summed E-state index contributed by atoms with van der Waals surface area (Å²) >= 11 is 5.85. The molecule has 0 fully saturated rings. The lowest BCUT2D eigenvalue weighted by atomic mass is 10.2. The van der Waals surface area contributed by atoms with Gasteiger partial charge in [0.25, 0.3) is 5.89 Å². The molecule has 0 bridgehead atoms. The number of halogens is 1. The zero-order chi connectivity index (χ0) is 12.3. The third-order valence-corrected chi connectivity index (χ3v) is 2.32. The normalized spacial score (nSPS) is 10.2. The van der Waals surface area contributed by atoms with Crippen molar-refractivity contribution >= 4 is 17.6 Å². The molecule has 0 amide bonds. The molecule has 0 aliphatic rings. The summed E-state index contributed by atoms with van der Waals surface area (Å²) in [6.45, 7) is 1.62. The highest BCUT2D eigenvalue weighted by Crippen LogP contribution is 2.16. The van der Waals surface area contributed by atoms with E-state index in [1.54, 1.807) is 31.2 Å². The second kappa shape index (κ2) is 4.97. The predicted octanol–water partition coefficient (Wildman–Crippen LogP) is 2.39. The lowest BCUT2D eigenvalue weighted by Crippen LogP contribution is -2.06. The molecule has 0 aliphatic carbocycles. The number of nitrogens with zero attached hydrogens (tertiary/aromatic N) is 2. The van der Waals surface area contributed by atoms with E-state index < -0.39 is 5.97 Å². The number of carbonyl (C=O) groups is 1. The quantitative estimate of drug-likeness (QED) is 0.785. The fraction of sp³-hybridized carbons (Fsp3) is 0.182. The molecule has 0 N–H and O–H groups in total. The average Bonchev–Trinajstić information content (AvgIpc) is 2.73. The second-order valence-corrected chi connectivity index (χ2v) is 3.70. The Hall–Kier alpha value is -1.88. The monoisotopic (exact) mass is 252 g/mol. The van der Waals surface area contributed by atoms with Gasteiger partial charge in [-0.25, -0.2) is 4.79 Å². The zero-order valence-corrected chi connectivity index (χ0v) is 9.77. The van der Waals surface area contributed by atoms with E-state index in [-0.39, 0.29) is 12.5 Å². The molecule has 6 heteroatoms. The third kappa shape index (κ3) is 2.82. The predicted molar refractivity (Wildman–Crippen MR) is 59.6 cm³/mol. The Kier molecular flexibility index (Phi) is 3.39. The largest absolute Gasteiger partial charge is 0.452 e. The summed E-state index contributed by atoms with van der Waals surface area (Å²) in [7, 11) is 0. The van der Waals surface area contributed by atoms with Gasteiger partial charge in [-0.2, -0.15) is 4.98 Å². The van der Waals surface area contributed by atoms with Crippen molar-refractivity contribution in [2.45, 2.75) is 13.5 Å². The first kappa shape index (κ1) is 11.6. The highest BCUT2D eigenvalue weighted by Gasteiger charge is 2.12. The number of esters is 1. The summed E-state index contributed by atoms with van der Waals surface area (Å²) in [5.41, 5.74) is 0.311. The molecule has 0 radical (unpaired) electrons. The lowest BCUT2D eigenvalue weighted by molar-refractivity contribution is 0.0430. The number of rotatable bonds is 3. The van der Waals surface area contributed by atoms with Crippen LogP contribution in [0.5, 0.6) is 0 Å². The molecule has 2 rings (SSSR count). The third-order valence-electron chi connectivity index (χ3n) is 1.99. The SMILES string of the molecule is Cc1noc(COC(=O)c2ccccc2Cl)n1. The minimum absolute atomic E-state index is 0.0646. The van der Waals surface area contributed by atoms with Crippen LogP contribution in [-0.2, 0) is 11.3 Å². The van der Waals surface area contributed by atoms with Gasteiger partial charge in [-0.3, -0.25) is 0 Å². The van der Waals surface area contributed by atoms with Gasteiger partial charge in [0.1, 0.15) is 0 Å². The highest BCUT2D eigenvalue weighted by atomic mass is 35.5. The number of carbonyl (C=O) groups excluding carboxylic acids is 1. The fourth-order valence-electron chi connectivity index (χ4n) is 1.23. The van der Waals surface area contributed by atoms with E-state index in [0.717, 1.165) is 0 Å². The zero-order valence-electron chi connectivity index (χ0n) is 9.01. The maximum Gasteiger partial charge on any atom is 0.340 e. The number of aryl methyl sites for hydroxylation is 1. The first-order valence-electron chi connectivity index (χ1n) is 4.87. The van der Waals surface area contributed by atoms with Crippen molar-refractivity contribution in [3.63, 3.8) is 0 Å². The van der Waals surface area contributed by atoms with Crippen LogP contribution in [0.1, 0.15) is 22.1 Å². The standard InChI is InChI=1S/C11H9ClN2O3/c1-7-13-10(17-14-7)6-16-11(15)8-4-2-3-5-9(8)12/h2-5H,6H2,1H3. The molecule has 0 saturated carbocycles. The Morgan fingerprint density at radius 2 is 2.24 bits per heavy atom. The Balaban J connectivity index is 2.01. The minimum atomic E-state index is -0.522. The summed E-state index contributed by atoms with van der Waals surface area (Å²) < 4.78 is 9.80. The van der Waals surface area contributed by atoms with Crippen LogP contribution in [0.3, 0.4) is 0 Å². The van der Waals surface area contributed by atoms with E-state index in [1.165, 1.54) is 0 Å². The summed E-state index contributed by atoms with van der Waals surface area (Å²) in [5.74, 6) is 0.225. The van der Waals surface area contributed by atoms with Gasteiger partial charge >= 0.3 is 5.97 Å². The van der Waals surface area contributed by atoms with Crippen LogP contribution in [0.15, 0.2) is 28.8 Å². The maximum atomic E-state index is 11.6. The fourth-order valence-corrected chi connectivity index (χ4v) is 1.44.